The van der Waals surface area contributed by atoms with Crippen molar-refractivity contribution in [1.82, 2.24) is 15.3 Å². The summed E-state index contributed by atoms with van der Waals surface area (Å²) in [4.78, 5) is 20.9. The van der Waals surface area contributed by atoms with Gasteiger partial charge in [-0.3, -0.25) is 9.78 Å². The van der Waals surface area contributed by atoms with Crippen LogP contribution in [0, 0.1) is 13.8 Å². The van der Waals surface area contributed by atoms with Crippen LogP contribution in [0.15, 0.2) is 48.7 Å². The molecule has 2 heterocycles. The molecule has 4 rings (SSSR count). The molecule has 4 aromatic rings. The topological polar surface area (TPSA) is 80.9 Å². The lowest BCUT2D eigenvalue weighted by atomic mass is 9.95. The van der Waals surface area contributed by atoms with Gasteiger partial charge in [0.05, 0.1) is 5.52 Å². The zero-order chi connectivity index (χ0) is 20.5. The molecule has 5 heteroatoms. The van der Waals surface area contributed by atoms with Crippen LogP contribution in [-0.2, 0) is 12.8 Å². The molecule has 0 bridgehead atoms. The molecule has 2 aromatic carbocycles. The number of carbonyl (C=O) groups excluding carboxylic acids is 1. The second-order valence-electron chi connectivity index (χ2n) is 7.43. The van der Waals surface area contributed by atoms with Crippen LogP contribution in [0.3, 0.4) is 0 Å². The molecule has 0 atom stereocenters. The molecule has 0 saturated heterocycles. The van der Waals surface area contributed by atoms with Crippen LogP contribution in [0.2, 0.25) is 0 Å². The number of hydrogen-bond acceptors (Lipinski definition) is 4. The Bertz CT molecular complexity index is 1250. The molecule has 0 unspecified atom stereocenters. The van der Waals surface area contributed by atoms with E-state index in [9.17, 15) is 4.79 Å². The summed E-state index contributed by atoms with van der Waals surface area (Å²) in [5.41, 5.74) is 13.3. The number of nitrogens with zero attached hydrogens (tertiary/aromatic N) is 2. The molecule has 29 heavy (non-hydrogen) atoms. The number of rotatable bonds is 4. The lowest BCUT2D eigenvalue weighted by molar-refractivity contribution is 0.0963. The summed E-state index contributed by atoms with van der Waals surface area (Å²) in [5.74, 6) is 0.399. The van der Waals surface area contributed by atoms with Gasteiger partial charge in [-0.1, -0.05) is 18.2 Å². The molecular formula is C24H24N4O. The molecule has 5 nitrogen and oxygen atoms in total. The Kier molecular flexibility index (Phi) is 4.89. The summed E-state index contributed by atoms with van der Waals surface area (Å²) in [5, 5.41) is 4.83. The Morgan fingerprint density at radius 2 is 1.83 bits per heavy atom. The summed E-state index contributed by atoms with van der Waals surface area (Å²) >= 11 is 0. The molecule has 0 aliphatic heterocycles. The monoisotopic (exact) mass is 384 g/mol. The van der Waals surface area contributed by atoms with Crippen molar-refractivity contribution in [3.8, 4) is 0 Å². The van der Waals surface area contributed by atoms with Crippen LogP contribution >= 0.6 is 0 Å². The lowest BCUT2D eigenvalue weighted by Crippen LogP contribution is -2.17. The number of carbonyl (C=O) groups is 1. The number of aromatic nitrogens is 2. The van der Waals surface area contributed by atoms with E-state index < -0.39 is 0 Å². The van der Waals surface area contributed by atoms with Gasteiger partial charge in [0.2, 0.25) is 0 Å². The van der Waals surface area contributed by atoms with Gasteiger partial charge in [-0.15, -0.1) is 0 Å². The van der Waals surface area contributed by atoms with Crippen molar-refractivity contribution in [1.29, 1.82) is 0 Å². The summed E-state index contributed by atoms with van der Waals surface area (Å²) in [7, 11) is 1.65. The third-order valence-electron chi connectivity index (χ3n) is 5.44. The number of nitrogens with two attached hydrogens (primary N) is 1. The zero-order valence-electron chi connectivity index (χ0n) is 16.9. The fourth-order valence-corrected chi connectivity index (χ4v) is 3.86. The number of benzene rings is 2. The molecule has 146 valence electrons. The van der Waals surface area contributed by atoms with Crippen molar-refractivity contribution >= 4 is 33.5 Å². The summed E-state index contributed by atoms with van der Waals surface area (Å²) in [6.45, 7) is 4.10. The molecule has 2 aromatic heterocycles. The van der Waals surface area contributed by atoms with Gasteiger partial charge in [-0.05, 0) is 73.2 Å². The maximum absolute atomic E-state index is 11.8. The van der Waals surface area contributed by atoms with Gasteiger partial charge in [0.25, 0.3) is 5.91 Å². The first-order valence-corrected chi connectivity index (χ1v) is 9.73. The lowest BCUT2D eigenvalue weighted by Gasteiger charge is -2.12. The van der Waals surface area contributed by atoms with E-state index in [0.29, 0.717) is 11.4 Å². The maximum atomic E-state index is 11.8. The van der Waals surface area contributed by atoms with Crippen LogP contribution in [0.4, 0.5) is 5.82 Å². The van der Waals surface area contributed by atoms with Gasteiger partial charge in [0.15, 0.2) is 5.82 Å². The SMILES string of the molecule is CNC(=O)c1ccc(CCc2ccnc3c(N)nc4cc(C)ccc4c23)c(C)c1. The van der Waals surface area contributed by atoms with Crippen LogP contribution in [0.5, 0.6) is 0 Å². The van der Waals surface area contributed by atoms with Crippen molar-refractivity contribution in [3.63, 3.8) is 0 Å². The number of hydrogen-bond donors (Lipinski definition) is 2. The minimum Gasteiger partial charge on any atom is -0.382 e. The van der Waals surface area contributed by atoms with Crippen LogP contribution in [0.1, 0.15) is 32.6 Å². The van der Waals surface area contributed by atoms with E-state index in [-0.39, 0.29) is 5.91 Å². The molecule has 3 N–H and O–H groups in total. The molecule has 0 spiro atoms. The second-order valence-corrected chi connectivity index (χ2v) is 7.43. The zero-order valence-corrected chi connectivity index (χ0v) is 16.9. The highest BCUT2D eigenvalue weighted by Crippen LogP contribution is 2.30. The smallest absolute Gasteiger partial charge is 0.251 e. The summed E-state index contributed by atoms with van der Waals surface area (Å²) < 4.78 is 0. The molecular weight excluding hydrogens is 360 g/mol. The van der Waals surface area contributed by atoms with Crippen molar-refractivity contribution < 1.29 is 4.79 Å². The van der Waals surface area contributed by atoms with Gasteiger partial charge in [-0.2, -0.15) is 0 Å². The van der Waals surface area contributed by atoms with Crippen LogP contribution in [0.25, 0.3) is 21.8 Å². The highest BCUT2D eigenvalue weighted by molar-refractivity contribution is 6.09. The first kappa shape index (κ1) is 18.9. The molecule has 0 aliphatic carbocycles. The van der Waals surface area contributed by atoms with Gasteiger partial charge >= 0.3 is 0 Å². The summed E-state index contributed by atoms with van der Waals surface area (Å²) in [6, 6.07) is 14.2. The highest BCUT2D eigenvalue weighted by atomic mass is 16.1. The predicted octanol–water partition coefficient (Wildman–Crippen LogP) is 4.13. The number of nitrogens with one attached hydrogen (secondary N) is 1. The first-order chi connectivity index (χ1) is 14.0. The van der Waals surface area contributed by atoms with E-state index in [4.69, 9.17) is 5.73 Å². The minimum absolute atomic E-state index is 0.0653. The van der Waals surface area contributed by atoms with E-state index in [2.05, 4.69) is 46.5 Å². The van der Waals surface area contributed by atoms with E-state index in [1.165, 1.54) is 11.1 Å². The Morgan fingerprint density at radius 3 is 2.59 bits per heavy atom. The average Bonchev–Trinajstić information content (AvgIpc) is 2.72. The number of nitrogen functional groups attached to an aromatic ring is 1. The molecule has 0 aliphatic rings. The van der Waals surface area contributed by atoms with E-state index >= 15 is 0 Å². The number of amides is 1. The van der Waals surface area contributed by atoms with E-state index in [1.54, 1.807) is 13.2 Å². The Labute approximate surface area is 170 Å². The Morgan fingerprint density at radius 1 is 1.03 bits per heavy atom. The van der Waals surface area contributed by atoms with Gasteiger partial charge < -0.3 is 11.1 Å². The van der Waals surface area contributed by atoms with Gasteiger partial charge in [-0.25, -0.2) is 4.98 Å². The van der Waals surface area contributed by atoms with Crippen molar-refractivity contribution in [2.75, 3.05) is 12.8 Å². The number of aryl methyl sites for hydroxylation is 4. The third kappa shape index (κ3) is 3.51. The van der Waals surface area contributed by atoms with Crippen LogP contribution < -0.4 is 11.1 Å². The number of fused-ring (bicyclic) bond motifs is 3. The fraction of sp³-hybridized carbons (Fsp3) is 0.208. The predicted molar refractivity (Wildman–Crippen MR) is 118 cm³/mol. The van der Waals surface area contributed by atoms with Gasteiger partial charge in [0, 0.05) is 29.6 Å². The average molecular weight is 384 g/mol. The Hall–Kier alpha value is -3.47. The molecule has 0 fully saturated rings. The third-order valence-corrected chi connectivity index (χ3v) is 5.44. The molecule has 0 radical (unpaired) electrons. The maximum Gasteiger partial charge on any atom is 0.251 e. The standard InChI is InChI=1S/C24H24N4O/c1-14-4-9-19-20(12-14)28-23(25)22-21(19)17(10-11-27-22)7-5-16-6-8-18(13-15(16)2)24(29)26-3/h4,6,8-13H,5,7H2,1-3H3,(H2,25,28)(H,26,29). The van der Waals surface area contributed by atoms with Gasteiger partial charge in [0.1, 0.15) is 5.52 Å². The highest BCUT2D eigenvalue weighted by Gasteiger charge is 2.13. The number of pyridine rings is 2. The first-order valence-electron chi connectivity index (χ1n) is 9.73. The molecule has 1 amide bonds. The van der Waals surface area contributed by atoms with Crippen molar-refractivity contribution in [3.05, 3.63) is 76.5 Å². The van der Waals surface area contributed by atoms with Crippen molar-refractivity contribution in [2.24, 2.45) is 0 Å². The summed E-state index contributed by atoms with van der Waals surface area (Å²) in [6.07, 6.45) is 3.53. The Balaban J connectivity index is 1.74. The largest absolute Gasteiger partial charge is 0.382 e. The second kappa shape index (κ2) is 7.51. The minimum atomic E-state index is -0.0653. The van der Waals surface area contributed by atoms with E-state index in [1.807, 2.05) is 25.1 Å². The normalized spacial score (nSPS) is 11.1. The fourth-order valence-electron chi connectivity index (χ4n) is 3.86. The van der Waals surface area contributed by atoms with Crippen molar-refractivity contribution in [2.45, 2.75) is 26.7 Å². The van der Waals surface area contributed by atoms with Crippen LogP contribution in [-0.4, -0.2) is 22.9 Å². The van der Waals surface area contributed by atoms with E-state index in [0.717, 1.165) is 45.8 Å². The quantitative estimate of drug-likeness (QED) is 0.519. The number of anilines is 1. The molecule has 0 saturated carbocycles.